The van der Waals surface area contributed by atoms with Crippen molar-refractivity contribution < 1.29 is 19.1 Å². The number of furan rings is 1. The minimum Gasteiger partial charge on any atom is -0.507 e. The first-order valence-corrected chi connectivity index (χ1v) is 9.55. The van der Waals surface area contributed by atoms with Gasteiger partial charge in [0.2, 0.25) is 0 Å². The zero-order valence-electron chi connectivity index (χ0n) is 14.7. The summed E-state index contributed by atoms with van der Waals surface area (Å²) in [5.41, 5.74) is 0.514. The quantitative estimate of drug-likeness (QED) is 0.472. The maximum Gasteiger partial charge on any atom is 0.296 e. The summed E-state index contributed by atoms with van der Waals surface area (Å²) in [5, 5.41) is 11.4. The van der Waals surface area contributed by atoms with Crippen LogP contribution in [0.3, 0.4) is 0 Å². The highest BCUT2D eigenvalue weighted by Crippen LogP contribution is 2.43. The molecule has 1 amide bonds. The highest BCUT2D eigenvalue weighted by Gasteiger charge is 2.50. The van der Waals surface area contributed by atoms with E-state index in [1.54, 1.807) is 41.3 Å². The van der Waals surface area contributed by atoms with E-state index in [1.807, 2.05) is 0 Å². The Labute approximate surface area is 162 Å². The van der Waals surface area contributed by atoms with Crippen LogP contribution in [0.15, 0.2) is 52.7 Å². The minimum absolute atomic E-state index is 0.0270. The molecule has 1 aliphatic heterocycles. The van der Waals surface area contributed by atoms with E-state index in [0.29, 0.717) is 16.3 Å². The van der Waals surface area contributed by atoms with Crippen molar-refractivity contribution in [3.05, 3.63) is 64.6 Å². The Morgan fingerprint density at radius 1 is 1.07 bits per heavy atom. The fourth-order valence-corrected chi connectivity index (χ4v) is 4.20. The molecule has 1 N–H and O–H groups in total. The third-order valence-corrected chi connectivity index (χ3v) is 5.63. The van der Waals surface area contributed by atoms with Gasteiger partial charge in [0, 0.05) is 16.6 Å². The molecule has 6 heteroatoms. The average molecular weight is 386 g/mol. The number of carbonyl (C=O) groups is 2. The molecule has 0 radical (unpaired) electrons. The molecule has 0 spiro atoms. The minimum atomic E-state index is -0.709. The number of likely N-dealkylation sites (tertiary alicyclic amines) is 1. The molecule has 5 nitrogen and oxygen atoms in total. The van der Waals surface area contributed by atoms with E-state index in [0.717, 1.165) is 32.1 Å². The standard InChI is InChI=1S/C21H20ClNO4/c22-14-10-8-13(9-11-14)19(24)17-18(16-7-4-12-27-16)23(21(26)20(17)25)15-5-2-1-3-6-15/h4,7-12,15,18,24H,1-3,5-6H2/b19-17-. The third-order valence-electron chi connectivity index (χ3n) is 5.38. The Kier molecular flexibility index (Phi) is 4.79. The molecule has 1 saturated carbocycles. The number of hydrogen-bond donors (Lipinski definition) is 1. The number of Topliss-reactive ketones (excluding diaryl/α,β-unsaturated/α-hetero) is 1. The summed E-state index contributed by atoms with van der Waals surface area (Å²) in [6.07, 6.45) is 6.40. The molecule has 27 heavy (non-hydrogen) atoms. The number of rotatable bonds is 3. The second kappa shape index (κ2) is 7.24. The number of carbonyl (C=O) groups excluding carboxylic acids is 2. The van der Waals surface area contributed by atoms with Gasteiger partial charge in [0.15, 0.2) is 0 Å². The summed E-state index contributed by atoms with van der Waals surface area (Å²) in [6.45, 7) is 0. The summed E-state index contributed by atoms with van der Waals surface area (Å²) in [4.78, 5) is 27.4. The molecule has 1 aromatic carbocycles. The zero-order valence-corrected chi connectivity index (χ0v) is 15.5. The number of halogens is 1. The van der Waals surface area contributed by atoms with Gasteiger partial charge in [-0.05, 0) is 49.2 Å². The van der Waals surface area contributed by atoms with Crippen LogP contribution in [-0.4, -0.2) is 27.7 Å². The second-order valence-corrected chi connectivity index (χ2v) is 7.46. The molecular formula is C21H20ClNO4. The van der Waals surface area contributed by atoms with E-state index in [2.05, 4.69) is 0 Å². The lowest BCUT2D eigenvalue weighted by Crippen LogP contribution is -2.40. The van der Waals surface area contributed by atoms with Crippen LogP contribution in [0.2, 0.25) is 5.02 Å². The van der Waals surface area contributed by atoms with Crippen molar-refractivity contribution in [3.63, 3.8) is 0 Å². The fourth-order valence-electron chi connectivity index (χ4n) is 4.08. The molecule has 2 fully saturated rings. The third kappa shape index (κ3) is 3.16. The van der Waals surface area contributed by atoms with Crippen molar-refractivity contribution in [2.45, 2.75) is 44.2 Å². The maximum absolute atomic E-state index is 12.9. The Morgan fingerprint density at radius 3 is 2.41 bits per heavy atom. The first kappa shape index (κ1) is 17.9. The normalized spacial score (nSPS) is 23.1. The largest absolute Gasteiger partial charge is 0.507 e. The molecule has 2 aliphatic rings. The van der Waals surface area contributed by atoms with E-state index >= 15 is 0 Å². The summed E-state index contributed by atoms with van der Waals surface area (Å²) in [5.74, 6) is -0.965. The van der Waals surface area contributed by atoms with E-state index < -0.39 is 17.7 Å². The highest BCUT2D eigenvalue weighted by molar-refractivity contribution is 6.46. The van der Waals surface area contributed by atoms with Crippen molar-refractivity contribution in [3.8, 4) is 0 Å². The lowest BCUT2D eigenvalue weighted by atomic mass is 9.92. The van der Waals surface area contributed by atoms with Crippen LogP contribution in [0.25, 0.3) is 5.76 Å². The molecule has 1 aliphatic carbocycles. The molecule has 1 atom stereocenters. The van der Waals surface area contributed by atoms with Crippen LogP contribution in [0.5, 0.6) is 0 Å². The Balaban J connectivity index is 1.84. The zero-order chi connectivity index (χ0) is 19.0. The number of aliphatic hydroxyl groups excluding tert-OH is 1. The SMILES string of the molecule is O=C1C(=O)N(C2CCCCC2)C(c2ccco2)/C1=C(/O)c1ccc(Cl)cc1. The predicted octanol–water partition coefficient (Wildman–Crippen LogP) is 4.69. The van der Waals surface area contributed by atoms with Gasteiger partial charge in [-0.15, -0.1) is 0 Å². The van der Waals surface area contributed by atoms with Gasteiger partial charge in [-0.1, -0.05) is 30.9 Å². The smallest absolute Gasteiger partial charge is 0.296 e. The topological polar surface area (TPSA) is 70.8 Å². The molecule has 1 unspecified atom stereocenters. The van der Waals surface area contributed by atoms with Gasteiger partial charge in [-0.2, -0.15) is 0 Å². The van der Waals surface area contributed by atoms with E-state index in [1.165, 1.54) is 6.26 Å². The molecule has 2 heterocycles. The van der Waals surface area contributed by atoms with Crippen molar-refractivity contribution in [1.82, 2.24) is 4.90 Å². The summed E-state index contributed by atoms with van der Waals surface area (Å²) < 4.78 is 5.56. The Hall–Kier alpha value is -2.53. The van der Waals surface area contributed by atoms with Crippen LogP contribution in [0, 0.1) is 0 Å². The van der Waals surface area contributed by atoms with E-state index in [-0.39, 0.29) is 17.4 Å². The van der Waals surface area contributed by atoms with Gasteiger partial charge in [-0.25, -0.2) is 0 Å². The second-order valence-electron chi connectivity index (χ2n) is 7.02. The van der Waals surface area contributed by atoms with Crippen LogP contribution < -0.4 is 0 Å². The molecule has 4 rings (SSSR count). The first-order chi connectivity index (χ1) is 13.1. The lowest BCUT2D eigenvalue weighted by Gasteiger charge is -2.34. The van der Waals surface area contributed by atoms with Gasteiger partial charge in [0.05, 0.1) is 11.8 Å². The first-order valence-electron chi connectivity index (χ1n) is 9.17. The molecule has 140 valence electrons. The van der Waals surface area contributed by atoms with Gasteiger partial charge in [0.1, 0.15) is 17.6 Å². The van der Waals surface area contributed by atoms with Crippen molar-refractivity contribution in [2.75, 3.05) is 0 Å². The summed E-state index contributed by atoms with van der Waals surface area (Å²) in [7, 11) is 0. The number of hydrogen-bond acceptors (Lipinski definition) is 4. The van der Waals surface area contributed by atoms with Gasteiger partial charge in [-0.3, -0.25) is 9.59 Å². The highest BCUT2D eigenvalue weighted by atomic mass is 35.5. The molecular weight excluding hydrogens is 366 g/mol. The van der Waals surface area contributed by atoms with Gasteiger partial charge in [0.25, 0.3) is 11.7 Å². The summed E-state index contributed by atoms with van der Waals surface area (Å²) >= 11 is 5.92. The van der Waals surface area contributed by atoms with Crippen molar-refractivity contribution in [2.24, 2.45) is 0 Å². The molecule has 1 aromatic heterocycles. The van der Waals surface area contributed by atoms with Crippen LogP contribution in [0.1, 0.15) is 49.5 Å². The summed E-state index contributed by atoms with van der Waals surface area (Å²) in [6, 6.07) is 9.25. The van der Waals surface area contributed by atoms with E-state index in [4.69, 9.17) is 16.0 Å². The fraction of sp³-hybridized carbons (Fsp3) is 0.333. The van der Waals surface area contributed by atoms with E-state index in [9.17, 15) is 14.7 Å². The van der Waals surface area contributed by atoms with Gasteiger partial charge < -0.3 is 14.4 Å². The van der Waals surface area contributed by atoms with Crippen LogP contribution in [0.4, 0.5) is 0 Å². The van der Waals surface area contributed by atoms with Gasteiger partial charge >= 0.3 is 0 Å². The number of amides is 1. The average Bonchev–Trinajstić information content (AvgIpc) is 3.30. The number of benzene rings is 1. The maximum atomic E-state index is 12.9. The van der Waals surface area contributed by atoms with Crippen LogP contribution in [-0.2, 0) is 9.59 Å². The molecule has 1 saturated heterocycles. The van der Waals surface area contributed by atoms with Crippen molar-refractivity contribution in [1.29, 1.82) is 0 Å². The molecule has 0 bridgehead atoms. The Morgan fingerprint density at radius 2 is 1.78 bits per heavy atom. The number of aliphatic hydroxyl groups is 1. The lowest BCUT2D eigenvalue weighted by molar-refractivity contribution is -0.142. The molecule has 2 aromatic rings. The Bertz CT molecular complexity index is 879. The monoisotopic (exact) mass is 385 g/mol. The van der Waals surface area contributed by atoms with Crippen LogP contribution >= 0.6 is 11.6 Å². The number of ketones is 1. The number of nitrogens with zero attached hydrogens (tertiary/aromatic N) is 1. The predicted molar refractivity (Wildman–Crippen MR) is 101 cm³/mol. The van der Waals surface area contributed by atoms with Crippen molar-refractivity contribution >= 4 is 29.1 Å².